The highest BCUT2D eigenvalue weighted by Crippen LogP contribution is 2.16. The van der Waals surface area contributed by atoms with Gasteiger partial charge in [-0.2, -0.15) is 5.26 Å². The molecule has 0 amide bonds. The number of rotatable bonds is 2. The zero-order valence-corrected chi connectivity index (χ0v) is 7.00. The Hall–Kier alpha value is -1.66. The molecule has 0 saturated heterocycles. The molecule has 0 spiro atoms. The molecule has 1 atom stereocenters. The molecular weight excluding hydrogens is 167 g/mol. The maximum absolute atomic E-state index is 13.2. The maximum atomic E-state index is 13.2. The molecule has 2 N–H and O–H groups in total. The first kappa shape index (κ1) is 9.43. The smallest absolute Gasteiger partial charge is 0.129 e. The predicted octanol–water partition coefficient (Wildman–Crippen LogP) is 1.88. The number of hydrogen-bond donors (Lipinski definition) is 1. The number of nitrogens with zero attached hydrogens (tertiary/aromatic N) is 1. The van der Waals surface area contributed by atoms with Crippen LogP contribution in [0.15, 0.2) is 30.9 Å². The molecule has 3 heteroatoms. The molecule has 0 saturated carbocycles. The highest BCUT2D eigenvalue weighted by Gasteiger charge is 2.08. The highest BCUT2D eigenvalue weighted by atomic mass is 19.1. The van der Waals surface area contributed by atoms with Crippen LogP contribution in [-0.4, -0.2) is 0 Å². The number of nitrogens with two attached hydrogens (primary N) is 1. The van der Waals surface area contributed by atoms with E-state index < -0.39 is 11.9 Å². The minimum Gasteiger partial charge on any atom is -0.321 e. The lowest BCUT2D eigenvalue weighted by molar-refractivity contribution is 0.602. The van der Waals surface area contributed by atoms with E-state index in [1.54, 1.807) is 0 Å². The van der Waals surface area contributed by atoms with E-state index >= 15 is 0 Å². The molecule has 1 aromatic rings. The Bertz CT molecular complexity index is 366. The summed E-state index contributed by atoms with van der Waals surface area (Å²) in [6, 6.07) is 5.52. The van der Waals surface area contributed by atoms with Gasteiger partial charge in [0.25, 0.3) is 0 Å². The van der Waals surface area contributed by atoms with Crippen LogP contribution in [0.5, 0.6) is 0 Å². The van der Waals surface area contributed by atoms with E-state index in [4.69, 9.17) is 11.0 Å². The standard InChI is InChI=1S/C10H9FN2/c1-2-10(13)8-4-3-7(6-12)5-9(8)11/h2-5,10H,1,13H2. The van der Waals surface area contributed by atoms with E-state index in [0.29, 0.717) is 5.56 Å². The van der Waals surface area contributed by atoms with Crippen LogP contribution in [0, 0.1) is 17.1 Å². The summed E-state index contributed by atoms with van der Waals surface area (Å²) in [6.07, 6.45) is 1.45. The van der Waals surface area contributed by atoms with E-state index in [0.717, 1.165) is 0 Å². The number of nitriles is 1. The quantitative estimate of drug-likeness (QED) is 0.699. The molecule has 0 aliphatic heterocycles. The van der Waals surface area contributed by atoms with E-state index in [-0.39, 0.29) is 5.56 Å². The third kappa shape index (κ3) is 1.92. The average molecular weight is 176 g/mol. The van der Waals surface area contributed by atoms with Crippen molar-refractivity contribution in [3.8, 4) is 6.07 Å². The zero-order valence-electron chi connectivity index (χ0n) is 7.00. The maximum Gasteiger partial charge on any atom is 0.129 e. The van der Waals surface area contributed by atoms with Crippen LogP contribution in [0.25, 0.3) is 0 Å². The Kier molecular flexibility index (Phi) is 2.78. The Morgan fingerprint density at radius 1 is 1.62 bits per heavy atom. The van der Waals surface area contributed by atoms with Gasteiger partial charge in [0.15, 0.2) is 0 Å². The van der Waals surface area contributed by atoms with Crippen LogP contribution in [0.3, 0.4) is 0 Å². The summed E-state index contributed by atoms with van der Waals surface area (Å²) in [7, 11) is 0. The molecule has 0 bridgehead atoms. The fraction of sp³-hybridized carbons (Fsp3) is 0.100. The first-order valence-corrected chi connectivity index (χ1v) is 3.76. The van der Waals surface area contributed by atoms with Gasteiger partial charge in [0, 0.05) is 5.56 Å². The van der Waals surface area contributed by atoms with Gasteiger partial charge in [0.1, 0.15) is 5.82 Å². The van der Waals surface area contributed by atoms with E-state index in [1.807, 2.05) is 6.07 Å². The lowest BCUT2D eigenvalue weighted by Gasteiger charge is -2.07. The summed E-state index contributed by atoms with van der Waals surface area (Å²) in [6.45, 7) is 3.46. The second-order valence-corrected chi connectivity index (χ2v) is 2.61. The van der Waals surface area contributed by atoms with E-state index in [9.17, 15) is 4.39 Å². The van der Waals surface area contributed by atoms with Gasteiger partial charge in [-0.15, -0.1) is 6.58 Å². The molecule has 1 unspecified atom stereocenters. The normalized spacial score (nSPS) is 11.8. The van der Waals surface area contributed by atoms with Crippen LogP contribution in [0.4, 0.5) is 4.39 Å². The monoisotopic (exact) mass is 176 g/mol. The molecule has 13 heavy (non-hydrogen) atoms. The number of benzene rings is 1. The molecule has 0 radical (unpaired) electrons. The van der Waals surface area contributed by atoms with Crippen LogP contribution >= 0.6 is 0 Å². The average Bonchev–Trinajstić information content (AvgIpc) is 2.16. The van der Waals surface area contributed by atoms with Crippen molar-refractivity contribution in [3.63, 3.8) is 0 Å². The zero-order chi connectivity index (χ0) is 9.84. The summed E-state index contributed by atoms with van der Waals surface area (Å²) in [5.41, 5.74) is 6.19. The van der Waals surface area contributed by atoms with Gasteiger partial charge in [-0.3, -0.25) is 0 Å². The SMILES string of the molecule is C=CC(N)c1ccc(C#N)cc1F. The van der Waals surface area contributed by atoms with Gasteiger partial charge in [-0.05, 0) is 12.1 Å². The van der Waals surface area contributed by atoms with Crippen molar-refractivity contribution in [2.75, 3.05) is 0 Å². The molecule has 0 heterocycles. The summed E-state index contributed by atoms with van der Waals surface area (Å²) < 4.78 is 13.2. The highest BCUT2D eigenvalue weighted by molar-refractivity contribution is 5.35. The summed E-state index contributed by atoms with van der Waals surface area (Å²) in [5.74, 6) is -0.466. The topological polar surface area (TPSA) is 49.8 Å². The third-order valence-corrected chi connectivity index (χ3v) is 1.74. The van der Waals surface area contributed by atoms with Crippen LogP contribution < -0.4 is 5.73 Å². The van der Waals surface area contributed by atoms with Gasteiger partial charge < -0.3 is 5.73 Å². The van der Waals surface area contributed by atoms with Crippen molar-refractivity contribution in [2.45, 2.75) is 6.04 Å². The Labute approximate surface area is 76.1 Å². The van der Waals surface area contributed by atoms with Gasteiger partial charge in [0.2, 0.25) is 0 Å². The molecule has 1 rings (SSSR count). The van der Waals surface area contributed by atoms with Gasteiger partial charge in [-0.25, -0.2) is 4.39 Å². The van der Waals surface area contributed by atoms with Crippen molar-refractivity contribution in [1.29, 1.82) is 5.26 Å². The second kappa shape index (κ2) is 3.83. The molecule has 0 fully saturated rings. The third-order valence-electron chi connectivity index (χ3n) is 1.74. The van der Waals surface area contributed by atoms with Gasteiger partial charge in [0.05, 0.1) is 17.7 Å². The second-order valence-electron chi connectivity index (χ2n) is 2.61. The van der Waals surface area contributed by atoms with Crippen LogP contribution in [-0.2, 0) is 0 Å². The lowest BCUT2D eigenvalue weighted by atomic mass is 10.1. The molecule has 2 nitrogen and oxygen atoms in total. The van der Waals surface area contributed by atoms with E-state index in [1.165, 1.54) is 24.3 Å². The largest absolute Gasteiger partial charge is 0.321 e. The molecule has 66 valence electrons. The molecule has 1 aromatic carbocycles. The molecule has 0 aliphatic carbocycles. The van der Waals surface area contributed by atoms with E-state index in [2.05, 4.69) is 6.58 Å². The first-order valence-electron chi connectivity index (χ1n) is 3.76. The van der Waals surface area contributed by atoms with Gasteiger partial charge >= 0.3 is 0 Å². The van der Waals surface area contributed by atoms with Crippen LogP contribution in [0.2, 0.25) is 0 Å². The van der Waals surface area contributed by atoms with Crippen molar-refractivity contribution >= 4 is 0 Å². The summed E-state index contributed by atoms with van der Waals surface area (Å²) in [4.78, 5) is 0. The van der Waals surface area contributed by atoms with Crippen molar-refractivity contribution in [2.24, 2.45) is 5.73 Å². The number of hydrogen-bond acceptors (Lipinski definition) is 2. The van der Waals surface area contributed by atoms with Crippen molar-refractivity contribution in [1.82, 2.24) is 0 Å². The van der Waals surface area contributed by atoms with Crippen LogP contribution in [0.1, 0.15) is 17.2 Å². The summed E-state index contributed by atoms with van der Waals surface area (Å²) in [5, 5.41) is 8.48. The summed E-state index contributed by atoms with van der Waals surface area (Å²) >= 11 is 0. The molecular formula is C10H9FN2. The van der Waals surface area contributed by atoms with Gasteiger partial charge in [-0.1, -0.05) is 12.1 Å². The molecule has 0 aliphatic rings. The minimum absolute atomic E-state index is 0.289. The fourth-order valence-corrected chi connectivity index (χ4v) is 0.994. The minimum atomic E-state index is -0.521. The predicted molar refractivity (Wildman–Crippen MR) is 48.2 cm³/mol. The molecule has 0 aromatic heterocycles. The fourth-order valence-electron chi connectivity index (χ4n) is 0.994. The Morgan fingerprint density at radius 2 is 2.31 bits per heavy atom. The van der Waals surface area contributed by atoms with Crippen molar-refractivity contribution < 1.29 is 4.39 Å². The first-order chi connectivity index (χ1) is 6.19. The number of halogens is 1. The lowest BCUT2D eigenvalue weighted by Crippen LogP contribution is -2.08. The Morgan fingerprint density at radius 3 is 2.77 bits per heavy atom. The Balaban J connectivity index is 3.13. The van der Waals surface area contributed by atoms with Crippen molar-refractivity contribution in [3.05, 3.63) is 47.8 Å².